The van der Waals surface area contributed by atoms with Crippen LogP contribution in [0.2, 0.25) is 0 Å². The maximum atomic E-state index is 15.5. The third kappa shape index (κ3) is 12.1. The number of thioether (sulfide) groups is 1. The molecule has 0 saturated heterocycles. The average Bonchev–Trinajstić information content (AvgIpc) is 3.11. The van der Waals surface area contributed by atoms with Crippen LogP contribution in [0.25, 0.3) is 10.8 Å². The number of nitrogens with two attached hydrogens (primary N) is 1. The number of carboxylic acids is 1. The van der Waals surface area contributed by atoms with Gasteiger partial charge in [0.2, 0.25) is 5.91 Å². The van der Waals surface area contributed by atoms with Gasteiger partial charge in [-0.05, 0) is 78.5 Å². The minimum Gasteiger partial charge on any atom is -0.494 e. The largest absolute Gasteiger partial charge is 0.494 e. The number of fused-ring (bicyclic) bond motifs is 1. The van der Waals surface area contributed by atoms with E-state index in [9.17, 15) is 27.6 Å². The first-order valence-corrected chi connectivity index (χ1v) is 17.0. The number of hydrogen-bond donors (Lipinski definition) is 5. The molecule has 0 bridgehead atoms. The Labute approximate surface area is 311 Å². The van der Waals surface area contributed by atoms with E-state index in [4.69, 9.17) is 29.8 Å². The van der Waals surface area contributed by atoms with Gasteiger partial charge in [-0.2, -0.15) is 13.2 Å². The Kier molecular flexibility index (Phi) is 15.3. The zero-order valence-electron chi connectivity index (χ0n) is 29.7. The smallest absolute Gasteiger partial charge is 0.490 e. The summed E-state index contributed by atoms with van der Waals surface area (Å²) in [4.78, 5) is 52.8. The number of halogens is 4. The molecule has 0 radical (unpaired) electrons. The molecule has 2 amide bonds. The highest BCUT2D eigenvalue weighted by Crippen LogP contribution is 2.36. The molecule has 4 rings (SSSR count). The number of rotatable bonds is 13. The van der Waals surface area contributed by atoms with E-state index in [0.717, 1.165) is 15.7 Å². The Morgan fingerprint density at radius 3 is 2.24 bits per heavy atom. The number of hydrogen-bond acceptors (Lipinski definition) is 11. The summed E-state index contributed by atoms with van der Waals surface area (Å²) in [6.07, 6.45) is -4.44. The molecule has 18 heteroatoms. The summed E-state index contributed by atoms with van der Waals surface area (Å²) < 4.78 is 62.6. The van der Waals surface area contributed by atoms with Crippen molar-refractivity contribution < 1.29 is 56.1 Å². The first kappa shape index (κ1) is 42.6. The lowest BCUT2D eigenvalue weighted by Gasteiger charge is -2.27. The van der Waals surface area contributed by atoms with Gasteiger partial charge in [0.05, 0.1) is 33.3 Å². The van der Waals surface area contributed by atoms with Crippen molar-refractivity contribution in [3.63, 3.8) is 0 Å². The number of ether oxygens (including phenoxy) is 3. The van der Waals surface area contributed by atoms with E-state index in [0.29, 0.717) is 35.1 Å². The Balaban J connectivity index is 0.00000102. The molecule has 2 atom stereocenters. The van der Waals surface area contributed by atoms with E-state index >= 15 is 4.39 Å². The monoisotopic (exact) mass is 777 g/mol. The summed E-state index contributed by atoms with van der Waals surface area (Å²) in [6.45, 7) is 6.14. The van der Waals surface area contributed by atoms with E-state index in [-0.39, 0.29) is 17.2 Å². The van der Waals surface area contributed by atoms with Gasteiger partial charge in [0.1, 0.15) is 23.4 Å². The van der Waals surface area contributed by atoms with Crippen LogP contribution in [0.15, 0.2) is 71.8 Å². The van der Waals surface area contributed by atoms with E-state index in [1.165, 1.54) is 44.2 Å². The van der Waals surface area contributed by atoms with Crippen LogP contribution in [-0.2, 0) is 23.9 Å². The van der Waals surface area contributed by atoms with Crippen molar-refractivity contribution >= 4 is 63.7 Å². The highest BCUT2D eigenvalue weighted by molar-refractivity contribution is 8.00. The second kappa shape index (κ2) is 19.3. The first-order chi connectivity index (χ1) is 25.5. The summed E-state index contributed by atoms with van der Waals surface area (Å²) in [5.74, 6) is -3.88. The number of carbonyl (C=O) groups excluding carboxylic acids is 3. The number of benzene rings is 3. The number of carboxylic acid groups (broad SMARTS) is 1. The van der Waals surface area contributed by atoms with Gasteiger partial charge >= 0.3 is 24.2 Å². The Hall–Kier alpha value is -5.78. The van der Waals surface area contributed by atoms with Gasteiger partial charge in [-0.1, -0.05) is 13.8 Å². The minimum absolute atomic E-state index is 0.0255. The summed E-state index contributed by atoms with van der Waals surface area (Å²) in [5.41, 5.74) is 7.50. The topological polar surface area (TPSA) is 191 Å². The third-order valence-corrected chi connectivity index (χ3v) is 8.39. The molecule has 0 spiro atoms. The Morgan fingerprint density at radius 2 is 1.63 bits per heavy atom. The molecule has 6 N–H and O–H groups in total. The van der Waals surface area contributed by atoms with E-state index in [2.05, 4.69) is 20.9 Å². The number of nitrogen functional groups attached to an aromatic ring is 1. The van der Waals surface area contributed by atoms with Crippen molar-refractivity contribution in [2.75, 3.05) is 37.2 Å². The van der Waals surface area contributed by atoms with Gasteiger partial charge in [-0.15, -0.1) is 11.8 Å². The lowest BCUT2D eigenvalue weighted by Crippen LogP contribution is -2.38. The zero-order chi connectivity index (χ0) is 40.2. The number of nitrogens with zero attached hydrogens (tertiary/aromatic N) is 1. The highest BCUT2D eigenvalue weighted by atomic mass is 32.2. The van der Waals surface area contributed by atoms with Gasteiger partial charge in [0.25, 0.3) is 0 Å². The average molecular weight is 778 g/mol. The predicted molar refractivity (Wildman–Crippen MR) is 195 cm³/mol. The lowest BCUT2D eigenvalue weighted by atomic mass is 9.99. The van der Waals surface area contributed by atoms with Crippen molar-refractivity contribution in [1.29, 1.82) is 0 Å². The van der Waals surface area contributed by atoms with Crippen LogP contribution < -0.4 is 26.4 Å². The highest BCUT2D eigenvalue weighted by Gasteiger charge is 2.38. The number of pyridine rings is 1. The van der Waals surface area contributed by atoms with Crippen molar-refractivity contribution in [1.82, 2.24) is 10.3 Å². The molecule has 54 heavy (non-hydrogen) atoms. The van der Waals surface area contributed by atoms with Gasteiger partial charge in [0, 0.05) is 38.7 Å². The zero-order valence-corrected chi connectivity index (χ0v) is 30.6. The summed E-state index contributed by atoms with van der Waals surface area (Å²) >= 11 is 1.51. The molecule has 4 aromatic rings. The second-order valence-corrected chi connectivity index (χ2v) is 13.1. The van der Waals surface area contributed by atoms with E-state index in [1.54, 1.807) is 55.6 Å². The Morgan fingerprint density at radius 1 is 0.944 bits per heavy atom. The predicted octanol–water partition coefficient (Wildman–Crippen LogP) is 7.24. The van der Waals surface area contributed by atoms with Crippen LogP contribution in [0.4, 0.5) is 39.5 Å². The molecule has 13 nitrogen and oxygen atoms in total. The number of alkyl halides is 3. The maximum Gasteiger partial charge on any atom is 0.490 e. The molecule has 0 aliphatic heterocycles. The number of nitrogens with one attached hydrogen (secondary N) is 3. The quantitative estimate of drug-likeness (QED) is 0.0520. The Bertz CT molecular complexity index is 1960. The number of carbonyl (C=O) groups is 4. The van der Waals surface area contributed by atoms with Crippen molar-refractivity contribution in [3.8, 4) is 5.75 Å². The fourth-order valence-corrected chi connectivity index (χ4v) is 5.91. The molecule has 1 unspecified atom stereocenters. The molecule has 0 saturated carbocycles. The van der Waals surface area contributed by atoms with E-state index in [1.807, 2.05) is 13.8 Å². The van der Waals surface area contributed by atoms with Crippen LogP contribution in [-0.4, -0.2) is 66.3 Å². The fraction of sp³-hybridized carbons (Fsp3) is 0.306. The summed E-state index contributed by atoms with van der Waals surface area (Å²) in [7, 11) is 2.49. The van der Waals surface area contributed by atoms with E-state index < -0.39 is 48.0 Å². The van der Waals surface area contributed by atoms with Crippen LogP contribution in [0, 0.1) is 5.82 Å². The molecular weight excluding hydrogens is 738 g/mol. The first-order valence-electron chi connectivity index (χ1n) is 16.1. The van der Waals surface area contributed by atoms with Crippen molar-refractivity contribution in [3.05, 3.63) is 83.8 Å². The molecule has 3 aromatic carbocycles. The van der Waals surface area contributed by atoms with Crippen LogP contribution in [0.3, 0.4) is 0 Å². The molecule has 1 aromatic heterocycles. The normalized spacial score (nSPS) is 12.1. The second-order valence-electron chi connectivity index (χ2n) is 11.5. The molecule has 0 aliphatic carbocycles. The maximum absolute atomic E-state index is 15.5. The molecule has 290 valence electrons. The molecular formula is C36H39F4N5O8S. The van der Waals surface area contributed by atoms with Gasteiger partial charge in [0.15, 0.2) is 0 Å². The molecule has 1 heterocycles. The molecule has 0 aliphatic rings. The number of esters is 1. The van der Waals surface area contributed by atoms with Gasteiger partial charge in [-0.25, -0.2) is 19.0 Å². The van der Waals surface area contributed by atoms with Gasteiger partial charge in [-0.3, -0.25) is 14.9 Å². The third-order valence-electron chi connectivity index (χ3n) is 7.30. The standard InChI is InChI=1S/C34H38FN5O6S.C2HF3O2/c1-6-46-23-9-11-27(35)25(17-23)31(38-21-7-10-24-20(15-21)13-14-37-32(24)36)33(42)40-28(18-30(41)44-4)26-16-22(39-34(43)45-5)8-12-29(26)47-19(2)3;3-2(4,5)1(6)7/h7-17,19,28,31,38H,6,18H2,1-5H3,(H2,36,37)(H,39,43)(H,40,42);(H,6,7)/t28?,31-;/m1./s1. The van der Waals surface area contributed by atoms with Crippen LogP contribution in [0.1, 0.15) is 50.4 Å². The summed E-state index contributed by atoms with van der Waals surface area (Å²) in [5, 5.41) is 17.5. The molecule has 0 fully saturated rings. The van der Waals surface area contributed by atoms with Crippen LogP contribution >= 0.6 is 11.8 Å². The number of aliphatic carboxylic acids is 1. The van der Waals surface area contributed by atoms with Crippen molar-refractivity contribution in [2.24, 2.45) is 0 Å². The fourth-order valence-electron chi connectivity index (χ4n) is 4.91. The summed E-state index contributed by atoms with van der Waals surface area (Å²) in [6, 6.07) is 14.2. The number of methoxy groups -OCH3 is 2. The minimum atomic E-state index is -5.08. The van der Waals surface area contributed by atoms with Crippen molar-refractivity contribution in [2.45, 2.75) is 55.6 Å². The van der Waals surface area contributed by atoms with Crippen LogP contribution in [0.5, 0.6) is 5.75 Å². The number of aromatic nitrogens is 1. The SMILES string of the molecule is CCOc1ccc(F)c([C@@H](Nc2ccc3c(N)nccc3c2)C(=O)NC(CC(=O)OC)c2cc(NC(=O)OC)ccc2SC(C)C)c1.O=C(O)C(F)(F)F. The number of anilines is 3. The number of amides is 2. The van der Waals surface area contributed by atoms with Gasteiger partial charge < -0.3 is 35.7 Å². The lowest BCUT2D eigenvalue weighted by molar-refractivity contribution is -0.192.